The lowest BCUT2D eigenvalue weighted by Crippen LogP contribution is -2.24. The molecule has 0 aliphatic heterocycles. The number of benzene rings is 2. The van der Waals surface area contributed by atoms with Crippen molar-refractivity contribution in [2.45, 2.75) is 40.0 Å². The van der Waals surface area contributed by atoms with Gasteiger partial charge in [-0.15, -0.1) is 0 Å². The number of rotatable bonds is 10. The van der Waals surface area contributed by atoms with Crippen LogP contribution in [-0.4, -0.2) is 25.0 Å². The fraction of sp³-hybridized carbons (Fsp3) is 0.391. The van der Waals surface area contributed by atoms with Crippen LogP contribution in [0.5, 0.6) is 5.75 Å². The lowest BCUT2D eigenvalue weighted by atomic mass is 10.1. The predicted octanol–water partition coefficient (Wildman–Crippen LogP) is 4.89. The Labute approximate surface area is 167 Å². The number of amides is 2. The molecule has 28 heavy (non-hydrogen) atoms. The van der Waals surface area contributed by atoms with Gasteiger partial charge in [0.15, 0.2) is 0 Å². The summed E-state index contributed by atoms with van der Waals surface area (Å²) in [5, 5.41) is 5.71. The predicted molar refractivity (Wildman–Crippen MR) is 113 cm³/mol. The third kappa shape index (κ3) is 7.06. The van der Waals surface area contributed by atoms with E-state index in [-0.39, 0.29) is 11.8 Å². The van der Waals surface area contributed by atoms with Gasteiger partial charge in [-0.2, -0.15) is 0 Å². The molecular weight excluding hydrogens is 352 g/mol. The summed E-state index contributed by atoms with van der Waals surface area (Å²) in [6.07, 6.45) is 2.96. The van der Waals surface area contributed by atoms with Crippen molar-refractivity contribution in [2.75, 3.05) is 18.5 Å². The molecule has 0 atom stereocenters. The summed E-state index contributed by atoms with van der Waals surface area (Å²) in [5.74, 6) is 0.988. The maximum Gasteiger partial charge on any atom is 0.255 e. The molecule has 0 saturated carbocycles. The number of nitrogens with one attached hydrogen (secondary N) is 2. The van der Waals surface area contributed by atoms with E-state index in [1.165, 1.54) is 0 Å². The zero-order chi connectivity index (χ0) is 20.4. The Hall–Kier alpha value is -2.82. The van der Waals surface area contributed by atoms with E-state index in [1.807, 2.05) is 0 Å². The zero-order valence-corrected chi connectivity index (χ0v) is 17.0. The van der Waals surface area contributed by atoms with Crippen molar-refractivity contribution in [1.29, 1.82) is 0 Å². The Bertz CT molecular complexity index is 770. The monoisotopic (exact) mass is 382 g/mol. The van der Waals surface area contributed by atoms with Crippen molar-refractivity contribution in [3.05, 3.63) is 59.7 Å². The van der Waals surface area contributed by atoms with E-state index < -0.39 is 0 Å². The second kappa shape index (κ2) is 11.1. The quantitative estimate of drug-likeness (QED) is 0.575. The number of hydrogen-bond donors (Lipinski definition) is 2. The van der Waals surface area contributed by atoms with Crippen LogP contribution < -0.4 is 15.4 Å². The molecule has 0 aromatic heterocycles. The van der Waals surface area contributed by atoms with E-state index in [4.69, 9.17) is 4.74 Å². The molecule has 5 nitrogen and oxygen atoms in total. The van der Waals surface area contributed by atoms with Crippen LogP contribution in [0.15, 0.2) is 48.5 Å². The maximum absolute atomic E-state index is 12.5. The number of hydrogen-bond acceptors (Lipinski definition) is 3. The Morgan fingerprint density at radius 1 is 1.00 bits per heavy atom. The van der Waals surface area contributed by atoms with Crippen LogP contribution in [-0.2, 0) is 0 Å². The van der Waals surface area contributed by atoms with Crippen molar-refractivity contribution in [3.8, 4) is 5.75 Å². The van der Waals surface area contributed by atoms with Gasteiger partial charge in [-0.1, -0.05) is 33.3 Å². The minimum atomic E-state index is -0.225. The highest BCUT2D eigenvalue weighted by Gasteiger charge is 2.09. The minimum Gasteiger partial charge on any atom is -0.494 e. The highest BCUT2D eigenvalue weighted by molar-refractivity contribution is 6.05. The smallest absolute Gasteiger partial charge is 0.255 e. The first-order chi connectivity index (χ1) is 13.5. The summed E-state index contributed by atoms with van der Waals surface area (Å²) in [7, 11) is 0. The average molecular weight is 383 g/mol. The largest absolute Gasteiger partial charge is 0.494 e. The highest BCUT2D eigenvalue weighted by atomic mass is 16.5. The third-order valence-electron chi connectivity index (χ3n) is 4.28. The van der Waals surface area contributed by atoms with Crippen molar-refractivity contribution >= 4 is 17.5 Å². The van der Waals surface area contributed by atoms with E-state index in [2.05, 4.69) is 31.4 Å². The summed E-state index contributed by atoms with van der Waals surface area (Å²) in [6, 6.07) is 14.0. The van der Waals surface area contributed by atoms with Gasteiger partial charge in [0, 0.05) is 23.4 Å². The van der Waals surface area contributed by atoms with Crippen molar-refractivity contribution in [3.63, 3.8) is 0 Å². The number of carbonyl (C=O) groups excluding carboxylic acids is 2. The summed E-state index contributed by atoms with van der Waals surface area (Å²) >= 11 is 0. The van der Waals surface area contributed by atoms with E-state index in [0.29, 0.717) is 35.9 Å². The molecule has 0 aliphatic rings. The van der Waals surface area contributed by atoms with Crippen LogP contribution in [0.2, 0.25) is 0 Å². The number of unbranched alkanes of at least 4 members (excludes halogenated alkanes) is 1. The first-order valence-electron chi connectivity index (χ1n) is 9.92. The Morgan fingerprint density at radius 2 is 1.75 bits per heavy atom. The van der Waals surface area contributed by atoms with Gasteiger partial charge in [0.2, 0.25) is 0 Å². The Kier molecular flexibility index (Phi) is 8.53. The molecular formula is C23H30N2O3. The lowest BCUT2D eigenvalue weighted by molar-refractivity contribution is 0.0951. The van der Waals surface area contributed by atoms with Crippen LogP contribution in [0.4, 0.5) is 5.69 Å². The van der Waals surface area contributed by atoms with Crippen LogP contribution >= 0.6 is 0 Å². The first kappa shape index (κ1) is 21.5. The topological polar surface area (TPSA) is 67.4 Å². The molecule has 2 aromatic carbocycles. The van der Waals surface area contributed by atoms with Gasteiger partial charge in [-0.3, -0.25) is 9.59 Å². The van der Waals surface area contributed by atoms with Crippen LogP contribution in [0.25, 0.3) is 0 Å². The zero-order valence-electron chi connectivity index (χ0n) is 17.0. The molecule has 0 spiro atoms. The molecule has 0 saturated heterocycles. The van der Waals surface area contributed by atoms with Gasteiger partial charge in [-0.05, 0) is 61.2 Å². The molecule has 0 radical (unpaired) electrons. The first-order valence-corrected chi connectivity index (χ1v) is 9.92. The highest BCUT2D eigenvalue weighted by Crippen LogP contribution is 2.16. The molecule has 2 N–H and O–H groups in total. The molecule has 150 valence electrons. The van der Waals surface area contributed by atoms with Gasteiger partial charge >= 0.3 is 0 Å². The minimum absolute atomic E-state index is 0.132. The van der Waals surface area contributed by atoms with E-state index >= 15 is 0 Å². The number of anilines is 1. The Morgan fingerprint density at radius 3 is 2.43 bits per heavy atom. The third-order valence-corrected chi connectivity index (χ3v) is 4.28. The number of carbonyl (C=O) groups is 2. The van der Waals surface area contributed by atoms with Gasteiger partial charge in [0.25, 0.3) is 11.8 Å². The molecule has 2 amide bonds. The second-order valence-electron chi connectivity index (χ2n) is 7.20. The molecule has 2 rings (SSSR count). The molecule has 0 bridgehead atoms. The molecule has 0 aliphatic carbocycles. The summed E-state index contributed by atoms with van der Waals surface area (Å²) in [6.45, 7) is 7.70. The van der Waals surface area contributed by atoms with Crippen LogP contribution in [0.1, 0.15) is 60.7 Å². The van der Waals surface area contributed by atoms with Gasteiger partial charge in [0.05, 0.1) is 6.61 Å². The van der Waals surface area contributed by atoms with E-state index in [0.717, 1.165) is 25.0 Å². The van der Waals surface area contributed by atoms with Crippen molar-refractivity contribution in [2.24, 2.45) is 5.92 Å². The molecule has 0 unspecified atom stereocenters. The molecule has 2 aromatic rings. The van der Waals surface area contributed by atoms with Gasteiger partial charge in [-0.25, -0.2) is 0 Å². The van der Waals surface area contributed by atoms with E-state index in [1.54, 1.807) is 48.5 Å². The van der Waals surface area contributed by atoms with Gasteiger partial charge in [0.1, 0.15) is 5.75 Å². The fourth-order valence-electron chi connectivity index (χ4n) is 2.54. The molecule has 0 heterocycles. The SMILES string of the molecule is CCCCNC(=O)c1cccc(NC(=O)c2ccc(OCCC(C)C)cc2)c1. The summed E-state index contributed by atoms with van der Waals surface area (Å²) in [4.78, 5) is 24.6. The Balaban J connectivity index is 1.93. The summed E-state index contributed by atoms with van der Waals surface area (Å²) in [5.41, 5.74) is 1.65. The number of ether oxygens (including phenoxy) is 1. The average Bonchev–Trinajstić information content (AvgIpc) is 2.68. The van der Waals surface area contributed by atoms with Gasteiger partial charge < -0.3 is 15.4 Å². The van der Waals surface area contributed by atoms with Crippen molar-refractivity contribution in [1.82, 2.24) is 5.32 Å². The van der Waals surface area contributed by atoms with Crippen molar-refractivity contribution < 1.29 is 14.3 Å². The fourth-order valence-corrected chi connectivity index (χ4v) is 2.54. The van der Waals surface area contributed by atoms with Crippen LogP contribution in [0, 0.1) is 5.92 Å². The molecule has 0 fully saturated rings. The second-order valence-corrected chi connectivity index (χ2v) is 7.20. The van der Waals surface area contributed by atoms with E-state index in [9.17, 15) is 9.59 Å². The standard InChI is InChI=1S/C23H30N2O3/c1-4-5-14-24-22(26)19-7-6-8-20(16-19)25-23(27)18-9-11-21(12-10-18)28-15-13-17(2)3/h6-12,16-17H,4-5,13-15H2,1-3H3,(H,24,26)(H,25,27). The normalized spacial score (nSPS) is 10.6. The lowest BCUT2D eigenvalue weighted by Gasteiger charge is -2.10. The maximum atomic E-state index is 12.5. The molecule has 5 heteroatoms. The summed E-state index contributed by atoms with van der Waals surface area (Å²) < 4.78 is 5.68. The van der Waals surface area contributed by atoms with Crippen LogP contribution in [0.3, 0.4) is 0 Å².